The minimum atomic E-state index is 0.919. The highest BCUT2D eigenvalue weighted by Gasteiger charge is 2.15. The summed E-state index contributed by atoms with van der Waals surface area (Å²) < 4.78 is 2.24. The van der Waals surface area contributed by atoms with E-state index in [1.807, 2.05) is 12.1 Å². The second kappa shape index (κ2) is 15.7. The molecular formula is C53H44N2. The number of imidazole rings is 1. The summed E-state index contributed by atoms with van der Waals surface area (Å²) in [6.45, 7) is 10.7. The van der Waals surface area contributed by atoms with Gasteiger partial charge in [-0.3, -0.25) is 4.57 Å². The van der Waals surface area contributed by atoms with E-state index in [9.17, 15) is 0 Å². The second-order valence-electron chi connectivity index (χ2n) is 14.2. The predicted octanol–water partition coefficient (Wildman–Crippen LogP) is 14.0. The first-order chi connectivity index (χ1) is 26.9. The summed E-state index contributed by atoms with van der Waals surface area (Å²) in [7, 11) is 0. The highest BCUT2D eigenvalue weighted by atomic mass is 15.1. The standard InChI is InChI=1S/C27H24.C26H20N2/c1-19-10-5-4-6-13-26-23(19)14-9-15-25(26)22-17-16-21(3)27(18-22)24-12-8-7-11-20(24)2;1-19-11-17-23(18-12-19)28-25-10-6-5-9-24(25)27-26(28)22-15-13-21(14-16-22)20-7-3-2-4-8-20/h4-12,14-18H,1,13H2,2-3H3;2-18H,1H3/b6-4-,10-5-;. The molecular weight excluding hydrogens is 665 g/mol. The Morgan fingerprint density at radius 1 is 0.509 bits per heavy atom. The summed E-state index contributed by atoms with van der Waals surface area (Å²) in [6.07, 6.45) is 9.41. The summed E-state index contributed by atoms with van der Waals surface area (Å²) >= 11 is 0. The van der Waals surface area contributed by atoms with E-state index in [1.165, 1.54) is 61.2 Å². The van der Waals surface area contributed by atoms with Crippen molar-refractivity contribution >= 4 is 16.6 Å². The van der Waals surface area contributed by atoms with Gasteiger partial charge in [0.1, 0.15) is 5.82 Å². The molecule has 0 N–H and O–H groups in total. The fourth-order valence-corrected chi connectivity index (χ4v) is 7.48. The minimum absolute atomic E-state index is 0.919. The Morgan fingerprint density at radius 2 is 1.15 bits per heavy atom. The zero-order valence-electron chi connectivity index (χ0n) is 31.7. The smallest absolute Gasteiger partial charge is 0.145 e. The number of fused-ring (bicyclic) bond motifs is 2. The van der Waals surface area contributed by atoms with Crippen molar-refractivity contribution in [2.75, 3.05) is 0 Å². The highest BCUT2D eigenvalue weighted by Crippen LogP contribution is 2.36. The minimum Gasteiger partial charge on any atom is -0.292 e. The number of hydrogen-bond donors (Lipinski definition) is 0. The molecule has 266 valence electrons. The van der Waals surface area contributed by atoms with Crippen LogP contribution in [0.15, 0.2) is 195 Å². The fraction of sp³-hybridized carbons (Fsp3) is 0.0755. The molecule has 0 amide bonds. The quantitative estimate of drug-likeness (QED) is 0.174. The first-order valence-corrected chi connectivity index (χ1v) is 19.0. The van der Waals surface area contributed by atoms with Crippen molar-refractivity contribution in [3.05, 3.63) is 222 Å². The highest BCUT2D eigenvalue weighted by molar-refractivity contribution is 5.85. The number of aryl methyl sites for hydroxylation is 3. The van der Waals surface area contributed by atoms with Crippen LogP contribution >= 0.6 is 0 Å². The van der Waals surface area contributed by atoms with E-state index in [-0.39, 0.29) is 0 Å². The van der Waals surface area contributed by atoms with Gasteiger partial charge in [-0.15, -0.1) is 0 Å². The molecule has 8 aromatic rings. The monoisotopic (exact) mass is 708 g/mol. The summed E-state index contributed by atoms with van der Waals surface area (Å²) in [5.41, 5.74) is 19.5. The molecule has 1 aromatic heterocycles. The number of rotatable bonds is 5. The third-order valence-electron chi connectivity index (χ3n) is 10.5. The van der Waals surface area contributed by atoms with Crippen LogP contribution < -0.4 is 0 Å². The third kappa shape index (κ3) is 7.40. The van der Waals surface area contributed by atoms with Gasteiger partial charge in [0.2, 0.25) is 0 Å². The van der Waals surface area contributed by atoms with Crippen molar-refractivity contribution in [1.82, 2.24) is 9.55 Å². The molecule has 2 nitrogen and oxygen atoms in total. The lowest BCUT2D eigenvalue weighted by Crippen LogP contribution is -1.97. The zero-order valence-corrected chi connectivity index (χ0v) is 31.7. The molecule has 0 saturated heterocycles. The molecule has 0 aliphatic heterocycles. The Bertz CT molecular complexity index is 2690. The predicted molar refractivity (Wildman–Crippen MR) is 234 cm³/mol. The van der Waals surface area contributed by atoms with E-state index in [0.29, 0.717) is 0 Å². The van der Waals surface area contributed by atoms with Gasteiger partial charge in [0.25, 0.3) is 0 Å². The average molecular weight is 709 g/mol. The maximum absolute atomic E-state index is 4.95. The molecule has 0 radical (unpaired) electrons. The molecule has 2 heteroatoms. The van der Waals surface area contributed by atoms with Crippen LogP contribution in [0.1, 0.15) is 27.8 Å². The first kappa shape index (κ1) is 35.3. The Balaban J connectivity index is 0.000000155. The average Bonchev–Trinajstić information content (AvgIpc) is 3.61. The molecule has 0 unspecified atom stereocenters. The lowest BCUT2D eigenvalue weighted by Gasteiger charge is -2.17. The Kier molecular flexibility index (Phi) is 10.1. The van der Waals surface area contributed by atoms with Crippen LogP contribution in [0.3, 0.4) is 0 Å². The van der Waals surface area contributed by atoms with Gasteiger partial charge in [-0.1, -0.05) is 170 Å². The van der Waals surface area contributed by atoms with E-state index in [4.69, 9.17) is 4.98 Å². The van der Waals surface area contributed by atoms with E-state index in [0.717, 1.165) is 40.1 Å². The van der Waals surface area contributed by atoms with Crippen LogP contribution in [0, 0.1) is 20.8 Å². The third-order valence-corrected chi connectivity index (χ3v) is 10.5. The van der Waals surface area contributed by atoms with E-state index < -0.39 is 0 Å². The molecule has 0 fully saturated rings. The van der Waals surface area contributed by atoms with E-state index >= 15 is 0 Å². The van der Waals surface area contributed by atoms with Crippen LogP contribution in [-0.4, -0.2) is 9.55 Å². The molecule has 7 aromatic carbocycles. The second-order valence-corrected chi connectivity index (χ2v) is 14.2. The van der Waals surface area contributed by atoms with Gasteiger partial charge in [-0.2, -0.15) is 0 Å². The number of benzene rings is 7. The van der Waals surface area contributed by atoms with Gasteiger partial charge >= 0.3 is 0 Å². The van der Waals surface area contributed by atoms with Crippen molar-refractivity contribution in [2.24, 2.45) is 0 Å². The Morgan fingerprint density at radius 3 is 1.95 bits per heavy atom. The lowest BCUT2D eigenvalue weighted by molar-refractivity contribution is 1.10. The number of allylic oxidation sites excluding steroid dienone is 5. The van der Waals surface area contributed by atoms with Gasteiger partial charge in [0.15, 0.2) is 0 Å². The molecule has 0 spiro atoms. The lowest BCUT2D eigenvalue weighted by atomic mass is 9.87. The Hall–Kier alpha value is -6.77. The largest absolute Gasteiger partial charge is 0.292 e. The zero-order chi connectivity index (χ0) is 37.7. The van der Waals surface area contributed by atoms with Gasteiger partial charge in [-0.25, -0.2) is 4.98 Å². The van der Waals surface area contributed by atoms with Gasteiger partial charge in [-0.05, 0) is 119 Å². The summed E-state index contributed by atoms with van der Waals surface area (Å²) in [4.78, 5) is 4.95. The molecule has 0 saturated carbocycles. The van der Waals surface area contributed by atoms with Gasteiger partial charge in [0, 0.05) is 11.3 Å². The molecule has 0 bridgehead atoms. The maximum Gasteiger partial charge on any atom is 0.145 e. The maximum atomic E-state index is 4.95. The van der Waals surface area contributed by atoms with E-state index in [2.05, 4.69) is 208 Å². The van der Waals surface area contributed by atoms with Gasteiger partial charge < -0.3 is 0 Å². The van der Waals surface area contributed by atoms with Crippen LogP contribution in [0.25, 0.3) is 67.1 Å². The van der Waals surface area contributed by atoms with Crippen LogP contribution in [0.5, 0.6) is 0 Å². The van der Waals surface area contributed by atoms with Crippen molar-refractivity contribution in [3.63, 3.8) is 0 Å². The number of para-hydroxylation sites is 2. The first-order valence-electron chi connectivity index (χ1n) is 19.0. The molecule has 9 rings (SSSR count). The van der Waals surface area contributed by atoms with Crippen LogP contribution in [0.4, 0.5) is 0 Å². The van der Waals surface area contributed by atoms with E-state index in [1.54, 1.807) is 0 Å². The molecule has 1 aliphatic carbocycles. The molecule has 1 aliphatic rings. The Labute approximate surface area is 325 Å². The molecule has 55 heavy (non-hydrogen) atoms. The summed E-state index contributed by atoms with van der Waals surface area (Å²) in [5, 5.41) is 0. The number of aromatic nitrogens is 2. The number of nitrogens with zero attached hydrogens (tertiary/aromatic N) is 2. The fourth-order valence-electron chi connectivity index (χ4n) is 7.48. The SMILES string of the molecule is C=C1/C=C\C=C/Cc2c1cccc2-c1ccc(C)c(-c2ccccc2C)c1.Cc1ccc(-n2c(-c3ccc(-c4ccccc4)cc3)nc3ccccc32)cc1. The normalized spacial score (nSPS) is 13.3. The van der Waals surface area contributed by atoms with Crippen LogP contribution in [-0.2, 0) is 6.42 Å². The molecule has 0 atom stereocenters. The summed E-state index contributed by atoms with van der Waals surface area (Å²) in [6, 6.07) is 58.0. The van der Waals surface area contributed by atoms with Gasteiger partial charge in [0.05, 0.1) is 11.0 Å². The topological polar surface area (TPSA) is 17.8 Å². The number of hydrogen-bond acceptors (Lipinski definition) is 1. The van der Waals surface area contributed by atoms with Crippen molar-refractivity contribution in [1.29, 1.82) is 0 Å². The molecule has 1 heterocycles. The van der Waals surface area contributed by atoms with Crippen molar-refractivity contribution < 1.29 is 0 Å². The summed E-state index contributed by atoms with van der Waals surface area (Å²) in [5.74, 6) is 0.963. The van der Waals surface area contributed by atoms with Crippen molar-refractivity contribution in [3.8, 4) is 50.5 Å². The van der Waals surface area contributed by atoms with Crippen LogP contribution in [0.2, 0.25) is 0 Å². The van der Waals surface area contributed by atoms with Crippen molar-refractivity contribution in [2.45, 2.75) is 27.2 Å².